The normalized spacial score (nSPS) is 12.3. The largest absolute Gasteiger partial charge is 0.493 e. The van der Waals surface area contributed by atoms with Crippen LogP contribution in [0.25, 0.3) is 10.9 Å². The number of hydrogen-bond acceptors (Lipinski definition) is 5. The highest BCUT2D eigenvalue weighted by atomic mass is 79.9. The van der Waals surface area contributed by atoms with E-state index in [0.717, 1.165) is 16.5 Å². The Morgan fingerprint density at radius 1 is 1.11 bits per heavy atom. The van der Waals surface area contributed by atoms with Crippen LogP contribution in [0.2, 0.25) is 15.1 Å². The Kier molecular flexibility index (Phi) is 8.80. The van der Waals surface area contributed by atoms with Crippen molar-refractivity contribution in [1.29, 1.82) is 0 Å². The minimum atomic E-state index is -0.273. The number of methoxy groups -OCH3 is 1. The summed E-state index contributed by atoms with van der Waals surface area (Å²) in [5.74, 6) is 1.39. The quantitative estimate of drug-likeness (QED) is 0.186. The fourth-order valence-corrected chi connectivity index (χ4v) is 4.57. The van der Waals surface area contributed by atoms with Gasteiger partial charge in [0.25, 0.3) is 5.56 Å². The summed E-state index contributed by atoms with van der Waals surface area (Å²) < 4.78 is 13.7. The smallest absolute Gasteiger partial charge is 0.282 e. The molecule has 0 fully saturated rings. The summed E-state index contributed by atoms with van der Waals surface area (Å²) in [5.41, 5.74) is 1.68. The molecule has 1 aromatic heterocycles. The maximum Gasteiger partial charge on any atom is 0.282 e. The van der Waals surface area contributed by atoms with E-state index in [2.05, 4.69) is 21.0 Å². The third-order valence-corrected chi connectivity index (χ3v) is 7.28. The Hall–Kier alpha value is -2.58. The van der Waals surface area contributed by atoms with Gasteiger partial charge in [-0.05, 0) is 48.4 Å². The molecule has 0 saturated heterocycles. The Balaban J connectivity index is 1.80. The minimum absolute atomic E-state index is 0.00262. The molecule has 0 N–H and O–H groups in total. The van der Waals surface area contributed by atoms with Crippen molar-refractivity contribution in [3.05, 3.63) is 95.4 Å². The van der Waals surface area contributed by atoms with Crippen molar-refractivity contribution >= 4 is 67.9 Å². The highest BCUT2D eigenvalue weighted by molar-refractivity contribution is 9.10. The van der Waals surface area contributed by atoms with Gasteiger partial charge in [0.15, 0.2) is 11.5 Å². The van der Waals surface area contributed by atoms with Crippen LogP contribution in [0.15, 0.2) is 62.9 Å². The van der Waals surface area contributed by atoms with Gasteiger partial charge in [0, 0.05) is 27.0 Å². The lowest BCUT2D eigenvalue weighted by atomic mass is 10.1. The molecule has 0 bridgehead atoms. The van der Waals surface area contributed by atoms with Crippen molar-refractivity contribution in [2.45, 2.75) is 32.8 Å². The summed E-state index contributed by atoms with van der Waals surface area (Å²) in [5, 5.41) is 6.32. The van der Waals surface area contributed by atoms with Gasteiger partial charge in [0.05, 0.1) is 34.3 Å². The lowest BCUT2D eigenvalue weighted by molar-refractivity contribution is 0.284. The van der Waals surface area contributed by atoms with Gasteiger partial charge < -0.3 is 9.47 Å². The molecule has 0 spiro atoms. The molecule has 0 aliphatic carbocycles. The first-order valence-electron chi connectivity index (χ1n) is 11.4. The lowest BCUT2D eigenvalue weighted by Gasteiger charge is -2.16. The number of rotatable bonds is 8. The number of benzene rings is 3. The van der Waals surface area contributed by atoms with Gasteiger partial charge in [-0.25, -0.2) is 4.98 Å². The van der Waals surface area contributed by atoms with Crippen LogP contribution >= 0.6 is 50.7 Å². The average molecular weight is 624 g/mol. The highest BCUT2D eigenvalue weighted by Gasteiger charge is 2.17. The van der Waals surface area contributed by atoms with Crippen molar-refractivity contribution in [2.24, 2.45) is 5.10 Å². The van der Waals surface area contributed by atoms with Crippen LogP contribution in [0.4, 0.5) is 0 Å². The van der Waals surface area contributed by atoms with E-state index in [1.54, 1.807) is 30.3 Å². The van der Waals surface area contributed by atoms with Crippen LogP contribution in [0.5, 0.6) is 11.5 Å². The predicted octanol–water partition coefficient (Wildman–Crippen LogP) is 8.10. The number of hydrogen-bond donors (Lipinski definition) is 0. The number of ether oxygens (including phenoxy) is 2. The molecule has 0 unspecified atom stereocenters. The maximum atomic E-state index is 13.5. The molecular formula is C27H23BrCl3N3O3. The zero-order valence-electron chi connectivity index (χ0n) is 20.3. The van der Waals surface area contributed by atoms with Crippen LogP contribution in [0.3, 0.4) is 0 Å². The van der Waals surface area contributed by atoms with Crippen LogP contribution in [0.1, 0.15) is 43.1 Å². The first-order valence-corrected chi connectivity index (χ1v) is 13.3. The van der Waals surface area contributed by atoms with Gasteiger partial charge in [0.1, 0.15) is 12.4 Å². The summed E-state index contributed by atoms with van der Waals surface area (Å²) in [4.78, 5) is 18.2. The van der Waals surface area contributed by atoms with Gasteiger partial charge in [-0.1, -0.05) is 70.6 Å². The molecule has 1 heterocycles. The van der Waals surface area contributed by atoms with E-state index in [-0.39, 0.29) is 18.1 Å². The molecule has 0 aliphatic rings. The van der Waals surface area contributed by atoms with Crippen LogP contribution < -0.4 is 15.0 Å². The fourth-order valence-electron chi connectivity index (χ4n) is 3.67. The third-order valence-electron chi connectivity index (χ3n) is 5.83. The lowest BCUT2D eigenvalue weighted by Crippen LogP contribution is -2.23. The SMILES string of the molecule is CC[C@H](C)c1nc2ccc(Br)cc2c(=O)n1N=Cc1cc(Cl)cc(OC)c1OCc1ccc(Cl)c(Cl)c1. The first-order chi connectivity index (χ1) is 17.7. The third kappa shape index (κ3) is 6.12. The van der Waals surface area contributed by atoms with E-state index in [4.69, 9.17) is 49.3 Å². The number of fused-ring (bicyclic) bond motifs is 1. The zero-order valence-corrected chi connectivity index (χ0v) is 24.1. The standard InChI is InChI=1S/C27H23BrCl3N3O3/c1-4-15(2)26-33-23-8-6-18(28)11-20(23)27(35)34(26)32-13-17-10-19(29)12-24(36-3)25(17)37-14-16-5-7-21(30)22(31)9-16/h5-13,15H,4,14H2,1-3H3/t15-/m0/s1. The zero-order chi connectivity index (χ0) is 26.7. The van der Waals surface area contributed by atoms with Crippen molar-refractivity contribution in [1.82, 2.24) is 9.66 Å². The second kappa shape index (κ2) is 11.9. The molecular weight excluding hydrogens is 601 g/mol. The number of aromatic nitrogens is 2. The molecule has 192 valence electrons. The molecule has 6 nitrogen and oxygen atoms in total. The molecule has 37 heavy (non-hydrogen) atoms. The van der Waals surface area contributed by atoms with Gasteiger partial charge in [-0.15, -0.1) is 0 Å². The minimum Gasteiger partial charge on any atom is -0.493 e. The summed E-state index contributed by atoms with van der Waals surface area (Å²) in [7, 11) is 1.52. The van der Waals surface area contributed by atoms with E-state index in [9.17, 15) is 4.79 Å². The Morgan fingerprint density at radius 2 is 1.89 bits per heavy atom. The van der Waals surface area contributed by atoms with E-state index in [1.165, 1.54) is 18.0 Å². The molecule has 0 radical (unpaired) electrons. The number of halogens is 4. The fraction of sp³-hybridized carbons (Fsp3) is 0.222. The number of nitrogens with zero attached hydrogens (tertiary/aromatic N) is 3. The van der Waals surface area contributed by atoms with Crippen LogP contribution in [-0.2, 0) is 6.61 Å². The molecule has 0 aliphatic heterocycles. The van der Waals surface area contributed by atoms with Gasteiger partial charge in [-0.2, -0.15) is 9.78 Å². The molecule has 0 saturated carbocycles. The van der Waals surface area contributed by atoms with Crippen LogP contribution in [0, 0.1) is 0 Å². The van der Waals surface area contributed by atoms with E-state index < -0.39 is 0 Å². The summed E-state index contributed by atoms with van der Waals surface area (Å²) in [6, 6.07) is 14.0. The molecule has 10 heteroatoms. The van der Waals surface area contributed by atoms with Crippen molar-refractivity contribution in [2.75, 3.05) is 7.11 Å². The van der Waals surface area contributed by atoms with E-state index in [0.29, 0.717) is 48.9 Å². The predicted molar refractivity (Wildman–Crippen MR) is 154 cm³/mol. The molecule has 4 aromatic rings. The van der Waals surface area contributed by atoms with Crippen molar-refractivity contribution in [3.63, 3.8) is 0 Å². The summed E-state index contributed by atoms with van der Waals surface area (Å²) in [6.45, 7) is 4.24. The Morgan fingerprint density at radius 3 is 2.59 bits per heavy atom. The van der Waals surface area contributed by atoms with E-state index >= 15 is 0 Å². The average Bonchev–Trinajstić information content (AvgIpc) is 2.88. The monoisotopic (exact) mass is 621 g/mol. The first kappa shape index (κ1) is 27.5. The Bertz CT molecular complexity index is 1560. The second-order valence-electron chi connectivity index (χ2n) is 8.37. The van der Waals surface area contributed by atoms with E-state index in [1.807, 2.05) is 32.0 Å². The molecule has 0 amide bonds. The summed E-state index contributed by atoms with van der Waals surface area (Å²) in [6.07, 6.45) is 2.31. The molecule has 4 rings (SSSR count). The van der Waals surface area contributed by atoms with Gasteiger partial charge in [0.2, 0.25) is 0 Å². The van der Waals surface area contributed by atoms with Crippen molar-refractivity contribution in [3.8, 4) is 11.5 Å². The second-order valence-corrected chi connectivity index (χ2v) is 10.5. The maximum absolute atomic E-state index is 13.5. The van der Waals surface area contributed by atoms with Gasteiger partial charge >= 0.3 is 0 Å². The highest BCUT2D eigenvalue weighted by Crippen LogP contribution is 2.35. The topological polar surface area (TPSA) is 65.7 Å². The Labute approximate surface area is 237 Å². The molecule has 1 atom stereocenters. The van der Waals surface area contributed by atoms with Gasteiger partial charge in [-0.3, -0.25) is 4.79 Å². The van der Waals surface area contributed by atoms with Crippen LogP contribution in [-0.4, -0.2) is 23.0 Å². The van der Waals surface area contributed by atoms with Crippen molar-refractivity contribution < 1.29 is 9.47 Å². The molecule has 3 aromatic carbocycles. The summed E-state index contributed by atoms with van der Waals surface area (Å²) >= 11 is 22.0.